The molecule has 0 saturated heterocycles. The number of rotatable bonds is 7. The molecule has 5 nitrogen and oxygen atoms in total. The smallest absolute Gasteiger partial charge is 0.164 e. The van der Waals surface area contributed by atoms with Gasteiger partial charge in [0.15, 0.2) is 17.5 Å². The van der Waals surface area contributed by atoms with Gasteiger partial charge in [0, 0.05) is 49.4 Å². The normalized spacial score (nSPS) is 12.9. The first-order valence-corrected chi connectivity index (χ1v) is 20.3. The van der Waals surface area contributed by atoms with Crippen LogP contribution in [0.2, 0.25) is 0 Å². The summed E-state index contributed by atoms with van der Waals surface area (Å²) in [5, 5.41) is 2.29. The Morgan fingerprint density at radius 3 is 1.53 bits per heavy atom. The largest absolute Gasteiger partial charge is 0.455 e. The third kappa shape index (κ3) is 6.06. The van der Waals surface area contributed by atoms with Crippen molar-refractivity contribution >= 4 is 43.7 Å². The van der Waals surface area contributed by atoms with Gasteiger partial charge in [0.05, 0.1) is 24.9 Å². The lowest BCUT2D eigenvalue weighted by Crippen LogP contribution is -2.00. The van der Waals surface area contributed by atoms with Crippen LogP contribution >= 0.6 is 0 Å². The fraction of sp³-hybridized carbons (Fsp3) is 0. The third-order valence-electron chi connectivity index (χ3n) is 11.4. The van der Waals surface area contributed by atoms with Crippen LogP contribution in [0.5, 0.6) is 0 Å². The maximum Gasteiger partial charge on any atom is 0.164 e. The summed E-state index contributed by atoms with van der Waals surface area (Å²) < 4.78 is 62.0. The van der Waals surface area contributed by atoms with E-state index in [0.717, 1.165) is 66.4 Å². The number of furan rings is 1. The molecule has 0 fully saturated rings. The van der Waals surface area contributed by atoms with Crippen molar-refractivity contribution in [1.29, 1.82) is 0 Å². The molecule has 5 heteroatoms. The number of hydrogen-bond donors (Lipinski definition) is 0. The number of fused-ring (bicyclic) bond motifs is 6. The van der Waals surface area contributed by atoms with E-state index in [2.05, 4.69) is 36.4 Å². The van der Waals surface area contributed by atoms with Crippen LogP contribution in [0.3, 0.4) is 0 Å². The molecule has 9 aromatic carbocycles. The van der Waals surface area contributed by atoms with Crippen LogP contribution in [-0.4, -0.2) is 19.5 Å². The van der Waals surface area contributed by atoms with E-state index in [1.165, 1.54) is 12.1 Å². The van der Waals surface area contributed by atoms with Crippen LogP contribution < -0.4 is 0 Å². The average molecular weight is 799 g/mol. The van der Waals surface area contributed by atoms with Gasteiger partial charge in [0.2, 0.25) is 0 Å². The van der Waals surface area contributed by atoms with E-state index in [-0.39, 0.29) is 58.1 Å². The fourth-order valence-corrected chi connectivity index (χ4v) is 8.47. The van der Waals surface area contributed by atoms with Gasteiger partial charge in [-0.05, 0) is 58.6 Å². The van der Waals surface area contributed by atoms with Crippen molar-refractivity contribution in [3.05, 3.63) is 218 Å². The fourth-order valence-electron chi connectivity index (χ4n) is 8.47. The minimum absolute atomic E-state index is 0.0259. The molecule has 0 aliphatic carbocycles. The molecular formula is C57H36N4O. The Labute approximate surface area is 366 Å². The highest BCUT2D eigenvalue weighted by molar-refractivity contribution is 6.12. The van der Waals surface area contributed by atoms with Crippen molar-refractivity contribution < 1.29 is 12.6 Å². The zero-order valence-corrected chi connectivity index (χ0v) is 33.0. The summed E-state index contributed by atoms with van der Waals surface area (Å²) in [5.41, 5.74) is 10.5. The van der Waals surface area contributed by atoms with Crippen molar-refractivity contribution in [1.82, 2.24) is 19.5 Å². The first-order valence-electron chi connectivity index (χ1n) is 23.3. The van der Waals surface area contributed by atoms with Gasteiger partial charge in [-0.2, -0.15) is 0 Å². The summed E-state index contributed by atoms with van der Waals surface area (Å²) >= 11 is 0. The lowest BCUT2D eigenvalue weighted by Gasteiger charge is -2.17. The second kappa shape index (κ2) is 14.7. The van der Waals surface area contributed by atoms with Gasteiger partial charge in [-0.1, -0.05) is 182 Å². The lowest BCUT2D eigenvalue weighted by atomic mass is 9.94. The lowest BCUT2D eigenvalue weighted by molar-refractivity contribution is 0.670. The first kappa shape index (κ1) is 29.7. The Morgan fingerprint density at radius 2 is 0.871 bits per heavy atom. The van der Waals surface area contributed by atoms with E-state index in [1.807, 2.05) is 133 Å². The number of benzene rings is 9. The molecule has 0 aliphatic heterocycles. The Bertz CT molecular complexity index is 3850. The van der Waals surface area contributed by atoms with Crippen LogP contribution in [0.4, 0.5) is 0 Å². The molecule has 3 aromatic heterocycles. The van der Waals surface area contributed by atoms with Crippen LogP contribution in [0.1, 0.15) is 8.22 Å². The summed E-state index contributed by atoms with van der Waals surface area (Å²) in [7, 11) is 0. The van der Waals surface area contributed by atoms with Crippen molar-refractivity contribution in [2.75, 3.05) is 0 Å². The quantitative estimate of drug-likeness (QED) is 0.161. The third-order valence-corrected chi connectivity index (χ3v) is 11.4. The summed E-state index contributed by atoms with van der Waals surface area (Å²) in [6, 6.07) is 58.2. The van der Waals surface area contributed by atoms with E-state index in [1.54, 1.807) is 4.57 Å². The van der Waals surface area contributed by atoms with Gasteiger partial charge in [-0.3, -0.25) is 0 Å². The minimum Gasteiger partial charge on any atom is -0.455 e. The summed E-state index contributed by atoms with van der Waals surface area (Å²) in [6.07, 6.45) is 0. The van der Waals surface area contributed by atoms with Crippen molar-refractivity contribution in [2.24, 2.45) is 0 Å². The highest BCUT2D eigenvalue weighted by Crippen LogP contribution is 2.42. The van der Waals surface area contributed by atoms with Crippen molar-refractivity contribution in [2.45, 2.75) is 0 Å². The molecule has 0 bridgehead atoms. The van der Waals surface area contributed by atoms with Crippen LogP contribution in [-0.2, 0) is 0 Å². The van der Waals surface area contributed by atoms with E-state index in [0.29, 0.717) is 28.7 Å². The van der Waals surface area contributed by atoms with Crippen LogP contribution in [0.25, 0.3) is 117 Å². The SMILES string of the molecule is [2H]c1cc([2H])c2c(c1[2H])c1c([2H])c([2H])cc([2H])c1n2-c1ccc(-c2cccc(-c3ccc(-c4nc(-c5ccccc5)nc(-c5ccccc5)n4)cc3)c2)cc1-c1cccc2c1oc1ccccc12. The number of hydrogen-bond acceptors (Lipinski definition) is 4. The van der Waals surface area contributed by atoms with Gasteiger partial charge in [-0.25, -0.2) is 15.0 Å². The Hall–Kier alpha value is -8.41. The van der Waals surface area contributed by atoms with Gasteiger partial charge >= 0.3 is 0 Å². The Kier molecular flexibility index (Phi) is 7.05. The second-order valence-electron chi connectivity index (χ2n) is 15.1. The van der Waals surface area contributed by atoms with E-state index >= 15 is 0 Å². The van der Waals surface area contributed by atoms with Gasteiger partial charge < -0.3 is 8.98 Å². The molecule has 0 spiro atoms. The van der Waals surface area contributed by atoms with E-state index in [4.69, 9.17) is 24.9 Å². The summed E-state index contributed by atoms with van der Waals surface area (Å²) in [6.45, 7) is 0. The molecule has 0 radical (unpaired) electrons. The topological polar surface area (TPSA) is 56.7 Å². The second-order valence-corrected chi connectivity index (χ2v) is 15.1. The van der Waals surface area contributed by atoms with Crippen LogP contribution in [0.15, 0.2) is 223 Å². The maximum absolute atomic E-state index is 9.21. The predicted octanol–water partition coefficient (Wildman–Crippen LogP) is 14.9. The van der Waals surface area contributed by atoms with Gasteiger partial charge in [-0.15, -0.1) is 0 Å². The molecule has 0 atom stereocenters. The van der Waals surface area contributed by atoms with Gasteiger partial charge in [0.1, 0.15) is 11.2 Å². The van der Waals surface area contributed by atoms with E-state index < -0.39 is 0 Å². The Morgan fingerprint density at radius 1 is 0.371 bits per heavy atom. The molecule has 3 heterocycles. The molecular weight excluding hydrogens is 757 g/mol. The number of para-hydroxylation sites is 4. The summed E-state index contributed by atoms with van der Waals surface area (Å²) in [4.78, 5) is 14.7. The molecule has 0 unspecified atom stereocenters. The highest BCUT2D eigenvalue weighted by Gasteiger charge is 2.20. The van der Waals surface area contributed by atoms with Gasteiger partial charge in [0.25, 0.3) is 0 Å². The molecule has 0 amide bonds. The van der Waals surface area contributed by atoms with E-state index in [9.17, 15) is 2.74 Å². The molecule has 0 aliphatic rings. The molecule has 290 valence electrons. The zero-order valence-electron chi connectivity index (χ0n) is 39.0. The maximum atomic E-state index is 9.21. The number of aromatic nitrogens is 4. The molecule has 12 aromatic rings. The molecule has 0 saturated carbocycles. The number of nitrogens with zero attached hydrogens (tertiary/aromatic N) is 4. The molecule has 0 N–H and O–H groups in total. The van der Waals surface area contributed by atoms with Crippen LogP contribution in [0, 0.1) is 0 Å². The minimum atomic E-state index is -0.167. The van der Waals surface area contributed by atoms with Crippen molar-refractivity contribution in [3.63, 3.8) is 0 Å². The molecule has 62 heavy (non-hydrogen) atoms. The van der Waals surface area contributed by atoms with Crippen molar-refractivity contribution in [3.8, 4) is 73.2 Å². The standard InChI is InChI=1S/C57H36N4O/c1-3-15-38(16-4-1)55-58-56(39-17-5-2-6-18-39)60-57(59-55)40-31-29-37(30-32-40)41-19-13-20-42(35-41)43-33-34-52(61-50-26-10-7-21-44(50)45-22-8-11-27-51(45)61)49(36-43)48-25-14-24-47-46-23-9-12-28-53(46)62-54(47)48/h1-36H/i7D,8D,21D,22D,26D,27D. The molecule has 12 rings (SSSR count). The predicted molar refractivity (Wildman–Crippen MR) is 254 cm³/mol. The average Bonchev–Trinajstić information content (AvgIpc) is 3.96. The first-order chi connectivity index (χ1) is 33.2. The monoisotopic (exact) mass is 798 g/mol. The highest BCUT2D eigenvalue weighted by atomic mass is 16.3. The summed E-state index contributed by atoms with van der Waals surface area (Å²) in [5.74, 6) is 1.76. The Balaban J connectivity index is 1.01. The zero-order chi connectivity index (χ0) is 46.2.